The van der Waals surface area contributed by atoms with Gasteiger partial charge in [0.1, 0.15) is 0 Å². The Kier molecular flexibility index (Phi) is 3.96. The van der Waals surface area contributed by atoms with Crippen molar-refractivity contribution in [2.75, 3.05) is 18.1 Å². The van der Waals surface area contributed by atoms with E-state index in [1.807, 2.05) is 13.8 Å². The van der Waals surface area contributed by atoms with Crippen molar-refractivity contribution >= 4 is 15.8 Å². The van der Waals surface area contributed by atoms with Gasteiger partial charge in [0.25, 0.3) is 0 Å². The van der Waals surface area contributed by atoms with Gasteiger partial charge in [0.2, 0.25) is 0 Å². The number of nitrogens with one attached hydrogen (secondary N) is 1. The van der Waals surface area contributed by atoms with Crippen LogP contribution in [-0.2, 0) is 14.6 Å². The van der Waals surface area contributed by atoms with Gasteiger partial charge in [-0.3, -0.25) is 4.79 Å². The van der Waals surface area contributed by atoms with E-state index < -0.39 is 15.8 Å². The summed E-state index contributed by atoms with van der Waals surface area (Å²) in [5, 5.41) is 11.8. The van der Waals surface area contributed by atoms with Crippen LogP contribution in [0.1, 0.15) is 26.7 Å². The molecule has 0 aromatic heterocycles. The van der Waals surface area contributed by atoms with Gasteiger partial charge in [0, 0.05) is 12.6 Å². The van der Waals surface area contributed by atoms with Crippen LogP contribution in [0.5, 0.6) is 0 Å². The molecule has 0 saturated carbocycles. The minimum Gasteiger partial charge on any atom is -0.481 e. The highest BCUT2D eigenvalue weighted by Crippen LogP contribution is 2.20. The molecule has 0 aromatic carbocycles. The maximum absolute atomic E-state index is 11.2. The summed E-state index contributed by atoms with van der Waals surface area (Å²) >= 11 is 0. The minimum absolute atomic E-state index is 0.0157. The number of hydrogen-bond donors (Lipinski definition) is 2. The summed E-state index contributed by atoms with van der Waals surface area (Å²) in [6.45, 7) is 4.24. The Morgan fingerprint density at radius 2 is 2.12 bits per heavy atom. The van der Waals surface area contributed by atoms with Crippen molar-refractivity contribution in [3.05, 3.63) is 0 Å². The van der Waals surface area contributed by atoms with E-state index in [-0.39, 0.29) is 29.4 Å². The zero-order valence-electron chi connectivity index (χ0n) is 9.69. The van der Waals surface area contributed by atoms with Gasteiger partial charge in [0.15, 0.2) is 9.84 Å². The molecule has 1 saturated heterocycles. The topological polar surface area (TPSA) is 83.5 Å². The van der Waals surface area contributed by atoms with Crippen LogP contribution in [0.2, 0.25) is 0 Å². The first-order valence-electron chi connectivity index (χ1n) is 5.36. The quantitative estimate of drug-likeness (QED) is 0.730. The third-order valence-corrected chi connectivity index (χ3v) is 4.50. The molecule has 2 N–H and O–H groups in total. The van der Waals surface area contributed by atoms with Gasteiger partial charge in [-0.2, -0.15) is 0 Å². The number of rotatable bonds is 5. The van der Waals surface area contributed by atoms with E-state index in [4.69, 9.17) is 5.11 Å². The first kappa shape index (κ1) is 13.4. The standard InChI is InChI=1S/C10H19NO4S/c1-10(2,5-9(12)13)7-11-8-3-4-16(14,15)6-8/h8,11H,3-7H2,1-2H3,(H,12,13). The summed E-state index contributed by atoms with van der Waals surface area (Å²) in [6, 6.07) is -0.0157. The smallest absolute Gasteiger partial charge is 0.303 e. The molecule has 1 unspecified atom stereocenters. The van der Waals surface area contributed by atoms with E-state index in [9.17, 15) is 13.2 Å². The summed E-state index contributed by atoms with van der Waals surface area (Å²) < 4.78 is 22.4. The minimum atomic E-state index is -2.87. The maximum atomic E-state index is 11.2. The third kappa shape index (κ3) is 4.49. The Bertz CT molecular complexity index is 361. The van der Waals surface area contributed by atoms with Crippen LogP contribution < -0.4 is 5.32 Å². The molecule has 1 atom stereocenters. The first-order valence-corrected chi connectivity index (χ1v) is 7.18. The van der Waals surface area contributed by atoms with E-state index in [1.165, 1.54) is 0 Å². The lowest BCUT2D eigenvalue weighted by Gasteiger charge is -2.24. The Morgan fingerprint density at radius 1 is 1.50 bits per heavy atom. The lowest BCUT2D eigenvalue weighted by atomic mass is 9.89. The fourth-order valence-corrected chi connectivity index (χ4v) is 3.56. The van der Waals surface area contributed by atoms with Gasteiger partial charge in [-0.1, -0.05) is 13.8 Å². The molecule has 0 amide bonds. The molecular formula is C10H19NO4S. The third-order valence-electron chi connectivity index (χ3n) is 2.73. The monoisotopic (exact) mass is 249 g/mol. The van der Waals surface area contributed by atoms with Crippen molar-refractivity contribution in [2.24, 2.45) is 5.41 Å². The summed E-state index contributed by atoms with van der Waals surface area (Å²) in [5.41, 5.74) is -0.349. The van der Waals surface area contributed by atoms with Gasteiger partial charge in [-0.15, -0.1) is 0 Å². The number of carbonyl (C=O) groups is 1. The number of hydrogen-bond acceptors (Lipinski definition) is 4. The Hall–Kier alpha value is -0.620. The Labute approximate surface area is 96.1 Å². The fraction of sp³-hybridized carbons (Fsp3) is 0.900. The highest BCUT2D eigenvalue weighted by atomic mass is 32.2. The van der Waals surface area contributed by atoms with Crippen molar-refractivity contribution < 1.29 is 18.3 Å². The molecule has 0 aromatic rings. The molecule has 0 spiro atoms. The average Bonchev–Trinajstić information content (AvgIpc) is 2.40. The molecule has 1 heterocycles. The average molecular weight is 249 g/mol. The van der Waals surface area contributed by atoms with Crippen molar-refractivity contribution in [1.29, 1.82) is 0 Å². The van der Waals surface area contributed by atoms with Crippen molar-refractivity contribution in [3.8, 4) is 0 Å². The molecule has 5 nitrogen and oxygen atoms in total. The van der Waals surface area contributed by atoms with Crippen LogP contribution in [0.25, 0.3) is 0 Å². The second-order valence-electron chi connectivity index (χ2n) is 5.22. The van der Waals surface area contributed by atoms with Crippen LogP contribution in [0, 0.1) is 5.41 Å². The predicted molar refractivity (Wildman–Crippen MR) is 61.1 cm³/mol. The van der Waals surface area contributed by atoms with E-state index in [0.29, 0.717) is 13.0 Å². The van der Waals surface area contributed by atoms with Crippen molar-refractivity contribution in [3.63, 3.8) is 0 Å². The zero-order chi connectivity index (χ0) is 12.4. The van der Waals surface area contributed by atoms with Crippen molar-refractivity contribution in [1.82, 2.24) is 5.32 Å². The van der Waals surface area contributed by atoms with Crippen LogP contribution in [0.3, 0.4) is 0 Å². The molecule has 0 aliphatic carbocycles. The SMILES string of the molecule is CC(C)(CNC1CCS(=O)(=O)C1)CC(=O)O. The van der Waals surface area contributed by atoms with E-state index >= 15 is 0 Å². The molecule has 16 heavy (non-hydrogen) atoms. The molecular weight excluding hydrogens is 230 g/mol. The number of carboxylic acids is 1. The van der Waals surface area contributed by atoms with Crippen molar-refractivity contribution in [2.45, 2.75) is 32.7 Å². The van der Waals surface area contributed by atoms with Gasteiger partial charge in [0.05, 0.1) is 17.9 Å². The van der Waals surface area contributed by atoms with Crippen LogP contribution in [-0.4, -0.2) is 43.6 Å². The first-order chi connectivity index (χ1) is 7.20. The summed E-state index contributed by atoms with van der Waals surface area (Å²) in [7, 11) is -2.87. The number of carboxylic acid groups (broad SMARTS) is 1. The normalized spacial score (nSPS) is 24.5. The highest BCUT2D eigenvalue weighted by molar-refractivity contribution is 7.91. The molecule has 0 bridgehead atoms. The Balaban J connectivity index is 2.38. The molecule has 94 valence electrons. The van der Waals surface area contributed by atoms with Gasteiger partial charge in [-0.05, 0) is 11.8 Å². The van der Waals surface area contributed by atoms with E-state index in [0.717, 1.165) is 0 Å². The second-order valence-corrected chi connectivity index (χ2v) is 7.44. The fourth-order valence-electron chi connectivity index (χ4n) is 1.85. The van der Waals surface area contributed by atoms with Gasteiger partial charge < -0.3 is 10.4 Å². The van der Waals surface area contributed by atoms with Crippen LogP contribution in [0.15, 0.2) is 0 Å². The predicted octanol–water partition coefficient (Wildman–Crippen LogP) is 0.264. The number of aliphatic carboxylic acids is 1. The molecule has 1 aliphatic rings. The number of sulfone groups is 1. The second kappa shape index (κ2) is 4.71. The van der Waals surface area contributed by atoms with Crippen LogP contribution in [0.4, 0.5) is 0 Å². The molecule has 1 fully saturated rings. The van der Waals surface area contributed by atoms with Crippen LogP contribution >= 0.6 is 0 Å². The lowest BCUT2D eigenvalue weighted by molar-refractivity contribution is -0.139. The van der Waals surface area contributed by atoms with Gasteiger partial charge in [-0.25, -0.2) is 8.42 Å². The summed E-state index contributed by atoms with van der Waals surface area (Å²) in [4.78, 5) is 10.6. The van der Waals surface area contributed by atoms with E-state index in [1.54, 1.807) is 0 Å². The van der Waals surface area contributed by atoms with E-state index in [2.05, 4.69) is 5.32 Å². The molecule has 6 heteroatoms. The highest BCUT2D eigenvalue weighted by Gasteiger charge is 2.29. The summed E-state index contributed by atoms with van der Waals surface area (Å²) in [6.07, 6.45) is 0.713. The largest absolute Gasteiger partial charge is 0.481 e. The molecule has 0 radical (unpaired) electrons. The Morgan fingerprint density at radius 3 is 2.56 bits per heavy atom. The zero-order valence-corrected chi connectivity index (χ0v) is 10.5. The summed E-state index contributed by atoms with van der Waals surface area (Å²) in [5.74, 6) is -0.411. The molecule has 1 rings (SSSR count). The molecule has 1 aliphatic heterocycles. The lowest BCUT2D eigenvalue weighted by Crippen LogP contribution is -2.38. The maximum Gasteiger partial charge on any atom is 0.303 e. The van der Waals surface area contributed by atoms with Gasteiger partial charge >= 0.3 is 5.97 Å².